The van der Waals surface area contributed by atoms with E-state index in [1.807, 2.05) is 36.4 Å². The van der Waals surface area contributed by atoms with Gasteiger partial charge in [-0.3, -0.25) is 0 Å². The summed E-state index contributed by atoms with van der Waals surface area (Å²) in [6.07, 6.45) is 1.53. The predicted molar refractivity (Wildman–Crippen MR) is 94.9 cm³/mol. The van der Waals surface area contributed by atoms with Crippen LogP contribution in [0.4, 0.5) is 0 Å². The van der Waals surface area contributed by atoms with Gasteiger partial charge in [-0.2, -0.15) is 5.10 Å². The van der Waals surface area contributed by atoms with Crippen molar-refractivity contribution in [1.29, 1.82) is 0 Å². The third kappa shape index (κ3) is 5.30. The average Bonchev–Trinajstić information content (AvgIpc) is 2.54. The van der Waals surface area contributed by atoms with Crippen molar-refractivity contribution in [2.75, 3.05) is 7.11 Å². The molecule has 0 saturated carbocycles. The number of halogens is 1. The van der Waals surface area contributed by atoms with Crippen molar-refractivity contribution in [3.8, 4) is 11.5 Å². The predicted octanol–water partition coefficient (Wildman–Crippen LogP) is 2.64. The molecule has 0 aromatic heterocycles. The Morgan fingerprint density at radius 1 is 1.13 bits per heavy atom. The Kier molecular flexibility index (Phi) is 5.99. The molecule has 0 aliphatic rings. The Morgan fingerprint density at radius 2 is 1.87 bits per heavy atom. The molecule has 4 N–H and O–H groups in total. The lowest BCUT2D eigenvalue weighted by Crippen LogP contribution is -2.21. The third-order valence-corrected chi connectivity index (χ3v) is 3.40. The molecule has 0 unspecified atom stereocenters. The minimum atomic E-state index is -0.0948. The zero-order chi connectivity index (χ0) is 16.7. The van der Waals surface area contributed by atoms with Crippen LogP contribution in [-0.2, 0) is 6.61 Å². The molecule has 0 heterocycles. The van der Waals surface area contributed by atoms with Crippen LogP contribution in [0.1, 0.15) is 11.1 Å². The van der Waals surface area contributed by atoms with Gasteiger partial charge in [0.2, 0.25) is 5.96 Å². The van der Waals surface area contributed by atoms with Crippen LogP contribution in [0.15, 0.2) is 57.1 Å². The van der Waals surface area contributed by atoms with Crippen LogP contribution < -0.4 is 20.9 Å². The van der Waals surface area contributed by atoms with E-state index < -0.39 is 0 Å². The summed E-state index contributed by atoms with van der Waals surface area (Å²) in [6.45, 7) is 0.449. The van der Waals surface area contributed by atoms with Crippen LogP contribution >= 0.6 is 15.9 Å². The Bertz CT molecular complexity index is 711. The maximum absolute atomic E-state index is 5.80. The Hall–Kier alpha value is -2.54. The van der Waals surface area contributed by atoms with E-state index in [1.165, 1.54) is 6.21 Å². The van der Waals surface area contributed by atoms with Crippen LogP contribution in [0.25, 0.3) is 0 Å². The summed E-state index contributed by atoms with van der Waals surface area (Å²) in [4.78, 5) is 0. The number of hydrogen-bond donors (Lipinski definition) is 2. The molecular formula is C16H17BrN4O2. The van der Waals surface area contributed by atoms with Gasteiger partial charge in [-0.25, -0.2) is 0 Å². The zero-order valence-corrected chi connectivity index (χ0v) is 14.2. The maximum atomic E-state index is 5.80. The lowest BCUT2D eigenvalue weighted by atomic mass is 10.2. The molecule has 2 aromatic carbocycles. The SMILES string of the molecule is COc1cc(/C=N/N=C(N)N)ccc1OCc1ccc(Br)cc1. The smallest absolute Gasteiger partial charge is 0.211 e. The number of rotatable bonds is 6. The van der Waals surface area contributed by atoms with E-state index in [1.54, 1.807) is 13.2 Å². The summed E-state index contributed by atoms with van der Waals surface area (Å²) in [5.74, 6) is 1.16. The van der Waals surface area contributed by atoms with E-state index in [4.69, 9.17) is 20.9 Å². The van der Waals surface area contributed by atoms with Crippen molar-refractivity contribution in [1.82, 2.24) is 0 Å². The number of methoxy groups -OCH3 is 1. The number of guanidine groups is 1. The van der Waals surface area contributed by atoms with Gasteiger partial charge in [-0.15, -0.1) is 5.10 Å². The molecule has 120 valence electrons. The monoisotopic (exact) mass is 376 g/mol. The lowest BCUT2D eigenvalue weighted by molar-refractivity contribution is 0.284. The first-order valence-corrected chi connectivity index (χ1v) is 7.55. The van der Waals surface area contributed by atoms with Gasteiger partial charge in [0, 0.05) is 4.47 Å². The van der Waals surface area contributed by atoms with Gasteiger partial charge in [0.25, 0.3) is 0 Å². The maximum Gasteiger partial charge on any atom is 0.211 e. The van der Waals surface area contributed by atoms with Crippen LogP contribution in [0, 0.1) is 0 Å². The topological polar surface area (TPSA) is 95.2 Å². The number of nitrogens with two attached hydrogens (primary N) is 2. The molecule has 2 aromatic rings. The fourth-order valence-corrected chi connectivity index (χ4v) is 2.05. The Balaban J connectivity index is 2.08. The van der Waals surface area contributed by atoms with Crippen molar-refractivity contribution in [2.24, 2.45) is 21.7 Å². The molecule has 0 fully saturated rings. The first-order chi connectivity index (χ1) is 11.1. The first kappa shape index (κ1) is 16.8. The van der Waals surface area contributed by atoms with Gasteiger partial charge in [0.05, 0.1) is 13.3 Å². The van der Waals surface area contributed by atoms with E-state index in [2.05, 4.69) is 26.1 Å². The minimum absolute atomic E-state index is 0.0948. The zero-order valence-electron chi connectivity index (χ0n) is 12.6. The number of nitrogens with zero attached hydrogens (tertiary/aromatic N) is 2. The molecule has 23 heavy (non-hydrogen) atoms. The first-order valence-electron chi connectivity index (χ1n) is 6.75. The largest absolute Gasteiger partial charge is 0.493 e. The summed E-state index contributed by atoms with van der Waals surface area (Å²) in [5, 5.41) is 7.31. The second kappa shape index (κ2) is 8.19. The Morgan fingerprint density at radius 3 is 2.52 bits per heavy atom. The van der Waals surface area contributed by atoms with E-state index >= 15 is 0 Å². The number of ether oxygens (including phenoxy) is 2. The van der Waals surface area contributed by atoms with E-state index in [9.17, 15) is 0 Å². The van der Waals surface area contributed by atoms with E-state index in [0.717, 1.165) is 15.6 Å². The van der Waals surface area contributed by atoms with Crippen LogP contribution in [-0.4, -0.2) is 19.3 Å². The minimum Gasteiger partial charge on any atom is -0.493 e. The fraction of sp³-hybridized carbons (Fsp3) is 0.125. The molecule has 0 aliphatic heterocycles. The van der Waals surface area contributed by atoms with Gasteiger partial charge < -0.3 is 20.9 Å². The van der Waals surface area contributed by atoms with Crippen LogP contribution in [0.3, 0.4) is 0 Å². The van der Waals surface area contributed by atoms with Crippen molar-refractivity contribution >= 4 is 28.1 Å². The molecule has 0 atom stereocenters. The van der Waals surface area contributed by atoms with Crippen molar-refractivity contribution in [3.63, 3.8) is 0 Å². The highest BCUT2D eigenvalue weighted by atomic mass is 79.9. The quantitative estimate of drug-likeness (QED) is 0.460. The molecule has 2 rings (SSSR count). The van der Waals surface area contributed by atoms with E-state index in [0.29, 0.717) is 18.1 Å². The van der Waals surface area contributed by atoms with Gasteiger partial charge in [0.1, 0.15) is 6.61 Å². The second-order valence-corrected chi connectivity index (χ2v) is 5.51. The molecule has 0 spiro atoms. The van der Waals surface area contributed by atoms with Gasteiger partial charge in [0.15, 0.2) is 11.5 Å². The van der Waals surface area contributed by atoms with Gasteiger partial charge >= 0.3 is 0 Å². The lowest BCUT2D eigenvalue weighted by Gasteiger charge is -2.11. The normalized spacial score (nSPS) is 10.5. The number of hydrogen-bond acceptors (Lipinski definition) is 4. The summed E-state index contributed by atoms with van der Waals surface area (Å²) in [6, 6.07) is 13.4. The van der Waals surface area contributed by atoms with Crippen molar-refractivity contribution < 1.29 is 9.47 Å². The molecule has 0 radical (unpaired) electrons. The fourth-order valence-electron chi connectivity index (χ4n) is 1.79. The standard InChI is InChI=1S/C16H17BrN4O2/c1-22-15-8-12(9-20-21-16(18)19)4-7-14(15)23-10-11-2-5-13(17)6-3-11/h2-9H,10H2,1H3,(H4,18,19,21)/b20-9+. The molecule has 6 nitrogen and oxygen atoms in total. The summed E-state index contributed by atoms with van der Waals surface area (Å²) < 4.78 is 12.2. The average molecular weight is 377 g/mol. The second-order valence-electron chi connectivity index (χ2n) is 4.59. The summed E-state index contributed by atoms with van der Waals surface area (Å²) >= 11 is 3.40. The molecule has 7 heteroatoms. The summed E-state index contributed by atoms with van der Waals surface area (Å²) in [7, 11) is 1.58. The van der Waals surface area contributed by atoms with Crippen molar-refractivity contribution in [2.45, 2.75) is 6.61 Å². The van der Waals surface area contributed by atoms with Crippen LogP contribution in [0.2, 0.25) is 0 Å². The summed E-state index contributed by atoms with van der Waals surface area (Å²) in [5.41, 5.74) is 12.3. The third-order valence-electron chi connectivity index (χ3n) is 2.88. The Labute approximate surface area is 142 Å². The molecule has 0 bridgehead atoms. The highest BCUT2D eigenvalue weighted by Gasteiger charge is 2.05. The number of benzene rings is 2. The molecule has 0 amide bonds. The molecular weight excluding hydrogens is 360 g/mol. The van der Waals surface area contributed by atoms with E-state index in [-0.39, 0.29) is 5.96 Å². The van der Waals surface area contributed by atoms with Crippen molar-refractivity contribution in [3.05, 3.63) is 58.1 Å². The molecule has 0 saturated heterocycles. The highest BCUT2D eigenvalue weighted by molar-refractivity contribution is 9.10. The molecule has 0 aliphatic carbocycles. The van der Waals surface area contributed by atoms with Crippen LogP contribution in [0.5, 0.6) is 11.5 Å². The van der Waals surface area contributed by atoms with Gasteiger partial charge in [-0.1, -0.05) is 28.1 Å². The van der Waals surface area contributed by atoms with Gasteiger partial charge in [-0.05, 0) is 41.5 Å². The highest BCUT2D eigenvalue weighted by Crippen LogP contribution is 2.28.